The highest BCUT2D eigenvalue weighted by molar-refractivity contribution is 7.99. The van der Waals surface area contributed by atoms with E-state index in [-0.39, 0.29) is 0 Å². The van der Waals surface area contributed by atoms with Crippen LogP contribution in [0.25, 0.3) is 10.9 Å². The Morgan fingerprint density at radius 2 is 1.68 bits per heavy atom. The molecule has 0 bridgehead atoms. The summed E-state index contributed by atoms with van der Waals surface area (Å²) in [5.74, 6) is 0.576. The van der Waals surface area contributed by atoms with Crippen LogP contribution in [0.1, 0.15) is 0 Å². The number of hydrogen-bond donors (Lipinski definition) is 2. The molecule has 25 heavy (non-hydrogen) atoms. The van der Waals surface area contributed by atoms with Crippen molar-refractivity contribution < 1.29 is 0 Å². The maximum atomic E-state index is 6.29. The lowest BCUT2D eigenvalue weighted by Crippen LogP contribution is -2.03. The first-order valence-electron chi connectivity index (χ1n) is 7.75. The Bertz CT molecular complexity index is 1020. The van der Waals surface area contributed by atoms with Crippen LogP contribution < -0.4 is 11.1 Å². The van der Waals surface area contributed by atoms with Gasteiger partial charge >= 0.3 is 0 Å². The first-order valence-corrected chi connectivity index (χ1v) is 8.57. The molecule has 0 amide bonds. The fourth-order valence-electron chi connectivity index (χ4n) is 2.49. The average molecular weight is 345 g/mol. The van der Waals surface area contributed by atoms with Gasteiger partial charge in [0, 0.05) is 16.5 Å². The summed E-state index contributed by atoms with van der Waals surface area (Å²) in [4.78, 5) is 14.1. The summed E-state index contributed by atoms with van der Waals surface area (Å²) < 4.78 is 0. The van der Waals surface area contributed by atoms with Crippen LogP contribution in [0.4, 0.5) is 17.2 Å². The largest absolute Gasteiger partial charge is 0.394 e. The normalized spacial score (nSPS) is 10.7. The van der Waals surface area contributed by atoms with Crippen molar-refractivity contribution in [2.24, 2.45) is 0 Å². The lowest BCUT2D eigenvalue weighted by molar-refractivity contribution is 1.06. The summed E-state index contributed by atoms with van der Waals surface area (Å²) >= 11 is 1.51. The lowest BCUT2D eigenvalue weighted by Gasteiger charge is -2.12. The average Bonchev–Trinajstić information content (AvgIpc) is 2.66. The van der Waals surface area contributed by atoms with Crippen LogP contribution in [0, 0.1) is 0 Å². The summed E-state index contributed by atoms with van der Waals surface area (Å²) in [6, 6.07) is 19.9. The fraction of sp³-hybridized carbons (Fsp3) is 0. The van der Waals surface area contributed by atoms with Gasteiger partial charge in [-0.25, -0.2) is 9.97 Å². The van der Waals surface area contributed by atoms with Crippen LogP contribution in [0.5, 0.6) is 0 Å². The van der Waals surface area contributed by atoms with E-state index in [4.69, 9.17) is 5.73 Å². The van der Waals surface area contributed by atoms with E-state index in [1.807, 2.05) is 60.7 Å². The van der Waals surface area contributed by atoms with Crippen molar-refractivity contribution in [1.29, 1.82) is 0 Å². The van der Waals surface area contributed by atoms with Gasteiger partial charge in [0.2, 0.25) is 0 Å². The molecular formula is C19H15N5S. The molecule has 2 aromatic carbocycles. The highest BCUT2D eigenvalue weighted by Crippen LogP contribution is 2.34. The van der Waals surface area contributed by atoms with Crippen LogP contribution in [0.3, 0.4) is 0 Å². The number of pyridine rings is 1. The van der Waals surface area contributed by atoms with Crippen molar-refractivity contribution >= 4 is 39.9 Å². The SMILES string of the molecule is Nc1c(Nc2cccc3cccnc23)ncnc1Sc1ccccc1. The summed E-state index contributed by atoms with van der Waals surface area (Å²) in [6.45, 7) is 0. The van der Waals surface area contributed by atoms with E-state index in [0.29, 0.717) is 11.5 Å². The smallest absolute Gasteiger partial charge is 0.158 e. The maximum absolute atomic E-state index is 6.29. The quantitative estimate of drug-likeness (QED) is 0.530. The van der Waals surface area contributed by atoms with Crippen molar-refractivity contribution in [3.63, 3.8) is 0 Å². The first-order chi connectivity index (χ1) is 12.3. The number of aromatic nitrogens is 3. The van der Waals surface area contributed by atoms with Crippen LogP contribution >= 0.6 is 11.8 Å². The molecule has 2 aromatic heterocycles. The van der Waals surface area contributed by atoms with Gasteiger partial charge < -0.3 is 11.1 Å². The highest BCUT2D eigenvalue weighted by atomic mass is 32.2. The Labute approximate surface area is 149 Å². The fourth-order valence-corrected chi connectivity index (χ4v) is 3.32. The number of fused-ring (bicyclic) bond motifs is 1. The molecule has 0 aliphatic rings. The number of nitrogens with two attached hydrogens (primary N) is 1. The molecule has 0 saturated heterocycles. The minimum absolute atomic E-state index is 0.518. The number of rotatable bonds is 4. The van der Waals surface area contributed by atoms with Gasteiger partial charge in [-0.05, 0) is 24.3 Å². The number of para-hydroxylation sites is 1. The molecule has 2 heterocycles. The number of hydrogen-bond acceptors (Lipinski definition) is 6. The molecule has 4 aromatic rings. The summed E-state index contributed by atoms with van der Waals surface area (Å²) in [6.07, 6.45) is 3.29. The zero-order chi connectivity index (χ0) is 17.1. The second-order valence-electron chi connectivity index (χ2n) is 5.36. The highest BCUT2D eigenvalue weighted by Gasteiger charge is 2.11. The van der Waals surface area contributed by atoms with Crippen molar-refractivity contribution in [2.75, 3.05) is 11.1 Å². The number of nitrogen functional groups attached to an aromatic ring is 1. The maximum Gasteiger partial charge on any atom is 0.158 e. The molecule has 122 valence electrons. The van der Waals surface area contributed by atoms with Crippen molar-refractivity contribution in [1.82, 2.24) is 15.0 Å². The molecule has 0 radical (unpaired) electrons. The number of benzene rings is 2. The third-order valence-electron chi connectivity index (χ3n) is 3.69. The van der Waals surface area contributed by atoms with Gasteiger partial charge in [-0.15, -0.1) is 0 Å². The molecule has 0 aliphatic carbocycles. The van der Waals surface area contributed by atoms with Gasteiger partial charge in [-0.2, -0.15) is 0 Å². The van der Waals surface area contributed by atoms with Gasteiger partial charge in [0.05, 0.1) is 11.2 Å². The predicted molar refractivity (Wildman–Crippen MR) is 102 cm³/mol. The van der Waals surface area contributed by atoms with Crippen LogP contribution in [-0.2, 0) is 0 Å². The van der Waals surface area contributed by atoms with E-state index < -0.39 is 0 Å². The zero-order valence-electron chi connectivity index (χ0n) is 13.3. The van der Waals surface area contributed by atoms with Gasteiger partial charge in [0.1, 0.15) is 17.0 Å². The van der Waals surface area contributed by atoms with E-state index in [2.05, 4.69) is 20.3 Å². The van der Waals surface area contributed by atoms with Crippen LogP contribution in [-0.4, -0.2) is 15.0 Å². The third kappa shape index (κ3) is 3.25. The van der Waals surface area contributed by atoms with Gasteiger partial charge in [-0.3, -0.25) is 4.98 Å². The molecule has 0 aliphatic heterocycles. The van der Waals surface area contributed by atoms with E-state index >= 15 is 0 Å². The van der Waals surface area contributed by atoms with Crippen LogP contribution in [0.15, 0.2) is 83.1 Å². The van der Waals surface area contributed by atoms with E-state index in [1.54, 1.807) is 6.20 Å². The number of nitrogens with one attached hydrogen (secondary N) is 1. The molecule has 0 spiro atoms. The summed E-state index contributed by atoms with van der Waals surface area (Å²) in [7, 11) is 0. The molecule has 4 rings (SSSR count). The van der Waals surface area contributed by atoms with Crippen molar-refractivity contribution in [3.05, 3.63) is 73.2 Å². The van der Waals surface area contributed by atoms with Crippen molar-refractivity contribution in [3.8, 4) is 0 Å². The van der Waals surface area contributed by atoms with E-state index in [0.717, 1.165) is 26.5 Å². The second kappa shape index (κ2) is 6.78. The lowest BCUT2D eigenvalue weighted by atomic mass is 10.2. The second-order valence-corrected chi connectivity index (χ2v) is 6.42. The first kappa shape index (κ1) is 15.4. The molecular weight excluding hydrogens is 330 g/mol. The number of nitrogens with zero attached hydrogens (tertiary/aromatic N) is 3. The predicted octanol–water partition coefficient (Wildman–Crippen LogP) is 4.50. The Morgan fingerprint density at radius 1 is 0.840 bits per heavy atom. The molecule has 0 fully saturated rings. The topological polar surface area (TPSA) is 76.7 Å². The molecule has 0 atom stereocenters. The van der Waals surface area contributed by atoms with E-state index in [1.165, 1.54) is 18.1 Å². The Balaban J connectivity index is 1.68. The van der Waals surface area contributed by atoms with Gasteiger partial charge in [0.25, 0.3) is 0 Å². The minimum atomic E-state index is 0.518. The molecule has 3 N–H and O–H groups in total. The van der Waals surface area contributed by atoms with Crippen molar-refractivity contribution in [2.45, 2.75) is 9.92 Å². The van der Waals surface area contributed by atoms with Gasteiger partial charge in [0.15, 0.2) is 5.82 Å². The summed E-state index contributed by atoms with van der Waals surface area (Å²) in [5, 5.41) is 5.06. The van der Waals surface area contributed by atoms with E-state index in [9.17, 15) is 0 Å². The monoisotopic (exact) mass is 345 g/mol. The molecule has 0 unspecified atom stereocenters. The molecule has 5 nitrogen and oxygen atoms in total. The number of anilines is 3. The standard InChI is InChI=1S/C19H15N5S/c20-16-18(22-12-23-19(16)25-14-8-2-1-3-9-14)24-15-10-4-6-13-7-5-11-21-17(13)15/h1-12H,20H2,(H,22,23,24). The zero-order valence-corrected chi connectivity index (χ0v) is 14.1. The van der Waals surface area contributed by atoms with Crippen LogP contribution in [0.2, 0.25) is 0 Å². The molecule has 6 heteroatoms. The molecule has 0 saturated carbocycles. The Morgan fingerprint density at radius 3 is 2.56 bits per heavy atom. The minimum Gasteiger partial charge on any atom is -0.394 e. The Hall–Kier alpha value is -3.12. The Kier molecular flexibility index (Phi) is 4.18. The third-order valence-corrected chi connectivity index (χ3v) is 4.72. The van der Waals surface area contributed by atoms with Gasteiger partial charge in [-0.1, -0.05) is 48.2 Å². The summed E-state index contributed by atoms with van der Waals surface area (Å²) in [5.41, 5.74) is 8.55.